The first-order valence-corrected chi connectivity index (χ1v) is 7.97. The van der Waals surface area contributed by atoms with Crippen molar-refractivity contribution in [3.05, 3.63) is 28.7 Å². The van der Waals surface area contributed by atoms with E-state index < -0.39 is 0 Å². The Kier molecular flexibility index (Phi) is 6.07. The van der Waals surface area contributed by atoms with Crippen LogP contribution in [-0.2, 0) is 0 Å². The number of thiocarbonyl (C=S) groups is 1. The third kappa shape index (κ3) is 5.47. The van der Waals surface area contributed by atoms with Crippen molar-refractivity contribution in [3.8, 4) is 0 Å². The van der Waals surface area contributed by atoms with Gasteiger partial charge in [0.2, 0.25) is 0 Å². The zero-order chi connectivity index (χ0) is 13.5. The number of piperidine rings is 1. The maximum absolute atomic E-state index is 5.28. The van der Waals surface area contributed by atoms with Crippen LogP contribution in [-0.4, -0.2) is 36.2 Å². The lowest BCUT2D eigenvalue weighted by Crippen LogP contribution is -2.38. The number of likely N-dealkylation sites (tertiary alicyclic amines) is 1. The summed E-state index contributed by atoms with van der Waals surface area (Å²) in [6.45, 7) is 4.44. The highest BCUT2D eigenvalue weighted by Gasteiger charge is 2.09. The summed E-state index contributed by atoms with van der Waals surface area (Å²) in [4.78, 5) is 2.50. The molecule has 0 unspecified atom stereocenters. The predicted molar refractivity (Wildman–Crippen MR) is 88.7 cm³/mol. The summed E-state index contributed by atoms with van der Waals surface area (Å²) < 4.78 is 1.07. The monoisotopic (exact) mass is 341 g/mol. The second-order valence-corrected chi connectivity index (χ2v) is 6.11. The van der Waals surface area contributed by atoms with Gasteiger partial charge in [-0.2, -0.15) is 0 Å². The van der Waals surface area contributed by atoms with Gasteiger partial charge in [-0.1, -0.05) is 22.4 Å². The molecule has 1 aliphatic heterocycles. The first-order chi connectivity index (χ1) is 9.24. The van der Waals surface area contributed by atoms with Gasteiger partial charge in [0.15, 0.2) is 5.11 Å². The van der Waals surface area contributed by atoms with Crippen molar-refractivity contribution in [2.75, 3.05) is 31.5 Å². The van der Waals surface area contributed by atoms with Gasteiger partial charge in [0.05, 0.1) is 0 Å². The average molecular weight is 342 g/mol. The number of benzene rings is 1. The molecule has 1 fully saturated rings. The molecule has 1 aromatic rings. The Balaban J connectivity index is 1.65. The lowest BCUT2D eigenvalue weighted by atomic mass is 10.1. The molecule has 1 aliphatic rings. The second kappa shape index (κ2) is 7.82. The molecule has 0 atom stereocenters. The highest BCUT2D eigenvalue weighted by molar-refractivity contribution is 9.10. The molecule has 3 nitrogen and oxygen atoms in total. The van der Waals surface area contributed by atoms with Crippen molar-refractivity contribution in [2.24, 2.45) is 0 Å². The SMILES string of the molecule is S=C(NCCN1CCCCC1)Nc1ccc(Br)cc1. The Bertz CT molecular complexity index is 402. The van der Waals surface area contributed by atoms with Gasteiger partial charge >= 0.3 is 0 Å². The minimum atomic E-state index is 0.694. The lowest BCUT2D eigenvalue weighted by Gasteiger charge is -2.26. The predicted octanol–water partition coefficient (Wildman–Crippen LogP) is 3.22. The fraction of sp³-hybridized carbons (Fsp3) is 0.500. The molecule has 0 radical (unpaired) electrons. The standard InChI is InChI=1S/C14H20BrN3S/c15-12-4-6-13(7-5-12)17-14(19)16-8-11-18-9-2-1-3-10-18/h4-7H,1-3,8-11H2,(H2,16,17,19). The van der Waals surface area contributed by atoms with Crippen molar-refractivity contribution in [1.82, 2.24) is 10.2 Å². The fourth-order valence-electron chi connectivity index (χ4n) is 2.22. The van der Waals surface area contributed by atoms with Gasteiger partial charge in [-0.05, 0) is 62.4 Å². The van der Waals surface area contributed by atoms with Crippen LogP contribution in [0.1, 0.15) is 19.3 Å². The van der Waals surface area contributed by atoms with Crippen LogP contribution in [0.15, 0.2) is 28.7 Å². The Hall–Kier alpha value is -0.650. The summed E-state index contributed by atoms with van der Waals surface area (Å²) in [7, 11) is 0. The number of anilines is 1. The molecule has 2 N–H and O–H groups in total. The smallest absolute Gasteiger partial charge is 0.170 e. The fourth-order valence-corrected chi connectivity index (χ4v) is 2.70. The molecular formula is C14H20BrN3S. The number of rotatable bonds is 4. The molecule has 19 heavy (non-hydrogen) atoms. The van der Waals surface area contributed by atoms with Crippen LogP contribution in [0.3, 0.4) is 0 Å². The molecule has 0 spiro atoms. The number of hydrogen-bond donors (Lipinski definition) is 2. The van der Waals surface area contributed by atoms with E-state index in [4.69, 9.17) is 12.2 Å². The highest BCUT2D eigenvalue weighted by Crippen LogP contribution is 2.13. The van der Waals surface area contributed by atoms with Crippen molar-refractivity contribution in [1.29, 1.82) is 0 Å². The van der Waals surface area contributed by atoms with Crippen LogP contribution in [0.4, 0.5) is 5.69 Å². The highest BCUT2D eigenvalue weighted by atomic mass is 79.9. The molecule has 104 valence electrons. The maximum atomic E-state index is 5.28. The van der Waals surface area contributed by atoms with E-state index in [1.807, 2.05) is 24.3 Å². The maximum Gasteiger partial charge on any atom is 0.170 e. The van der Waals surface area contributed by atoms with Gasteiger partial charge < -0.3 is 15.5 Å². The molecule has 1 heterocycles. The topological polar surface area (TPSA) is 27.3 Å². The van der Waals surface area contributed by atoms with Gasteiger partial charge in [-0.15, -0.1) is 0 Å². The summed E-state index contributed by atoms with van der Waals surface area (Å²) in [5, 5.41) is 7.14. The van der Waals surface area contributed by atoms with E-state index in [-0.39, 0.29) is 0 Å². The van der Waals surface area contributed by atoms with Gasteiger partial charge in [0.25, 0.3) is 0 Å². The molecule has 0 saturated carbocycles. The van der Waals surface area contributed by atoms with E-state index in [1.165, 1.54) is 32.4 Å². The summed E-state index contributed by atoms with van der Waals surface area (Å²) in [6, 6.07) is 8.00. The molecule has 0 amide bonds. The van der Waals surface area contributed by atoms with Crippen LogP contribution in [0.2, 0.25) is 0 Å². The molecule has 0 aliphatic carbocycles. The first kappa shape index (κ1) is 14.8. The molecule has 5 heteroatoms. The Labute approximate surface area is 128 Å². The van der Waals surface area contributed by atoms with Crippen molar-refractivity contribution in [2.45, 2.75) is 19.3 Å². The van der Waals surface area contributed by atoms with Crippen molar-refractivity contribution in [3.63, 3.8) is 0 Å². The minimum Gasteiger partial charge on any atom is -0.361 e. The third-order valence-electron chi connectivity index (χ3n) is 3.26. The summed E-state index contributed by atoms with van der Waals surface area (Å²) in [6.07, 6.45) is 4.05. The zero-order valence-electron chi connectivity index (χ0n) is 11.0. The molecular weight excluding hydrogens is 322 g/mol. The van der Waals surface area contributed by atoms with Gasteiger partial charge in [0.1, 0.15) is 0 Å². The van der Waals surface area contributed by atoms with Crippen molar-refractivity contribution >= 4 is 38.9 Å². The molecule has 0 aromatic heterocycles. The lowest BCUT2D eigenvalue weighted by molar-refractivity contribution is 0.232. The zero-order valence-corrected chi connectivity index (χ0v) is 13.4. The normalized spacial score (nSPS) is 16.1. The number of nitrogens with one attached hydrogen (secondary N) is 2. The molecule has 0 bridgehead atoms. The van der Waals surface area contributed by atoms with Crippen LogP contribution in [0.5, 0.6) is 0 Å². The van der Waals surface area contributed by atoms with Crippen LogP contribution in [0.25, 0.3) is 0 Å². The quantitative estimate of drug-likeness (QED) is 0.822. The number of hydrogen-bond acceptors (Lipinski definition) is 2. The minimum absolute atomic E-state index is 0.694. The van der Waals surface area contributed by atoms with E-state index in [1.54, 1.807) is 0 Å². The van der Waals surface area contributed by atoms with Crippen molar-refractivity contribution < 1.29 is 0 Å². The third-order valence-corrected chi connectivity index (χ3v) is 4.04. The van der Waals surface area contributed by atoms with E-state index in [0.717, 1.165) is 23.2 Å². The Morgan fingerprint density at radius 1 is 1.16 bits per heavy atom. The van der Waals surface area contributed by atoms with E-state index in [9.17, 15) is 0 Å². The Morgan fingerprint density at radius 3 is 2.53 bits per heavy atom. The summed E-state index contributed by atoms with van der Waals surface area (Å²) in [5.74, 6) is 0. The molecule has 1 saturated heterocycles. The Morgan fingerprint density at radius 2 is 1.84 bits per heavy atom. The summed E-state index contributed by atoms with van der Waals surface area (Å²) in [5.41, 5.74) is 1.01. The van der Waals surface area contributed by atoms with E-state index >= 15 is 0 Å². The molecule has 1 aromatic carbocycles. The largest absolute Gasteiger partial charge is 0.361 e. The van der Waals surface area contributed by atoms with Gasteiger partial charge in [-0.3, -0.25) is 0 Å². The number of nitrogens with zero attached hydrogens (tertiary/aromatic N) is 1. The average Bonchev–Trinajstić information content (AvgIpc) is 2.43. The van der Waals surface area contributed by atoms with Crippen LogP contribution >= 0.6 is 28.1 Å². The summed E-state index contributed by atoms with van der Waals surface area (Å²) >= 11 is 8.70. The van der Waals surface area contributed by atoms with Gasteiger partial charge in [-0.25, -0.2) is 0 Å². The van der Waals surface area contributed by atoms with Gasteiger partial charge in [0, 0.05) is 23.2 Å². The molecule has 2 rings (SSSR count). The first-order valence-electron chi connectivity index (χ1n) is 6.77. The van der Waals surface area contributed by atoms with E-state index in [2.05, 4.69) is 31.5 Å². The van der Waals surface area contributed by atoms with Crippen LogP contribution in [0, 0.1) is 0 Å². The van der Waals surface area contributed by atoms with Crippen LogP contribution < -0.4 is 10.6 Å². The number of halogens is 1. The second-order valence-electron chi connectivity index (χ2n) is 4.79. The van der Waals surface area contributed by atoms with E-state index in [0.29, 0.717) is 5.11 Å².